The number of rotatable bonds is 4. The second-order valence-corrected chi connectivity index (χ2v) is 3.86. The summed E-state index contributed by atoms with van der Waals surface area (Å²) in [7, 11) is 1.66. The van der Waals surface area contributed by atoms with E-state index in [1.54, 1.807) is 13.1 Å². The molecular formula is C12H12N4O3. The molecule has 0 aliphatic rings. The summed E-state index contributed by atoms with van der Waals surface area (Å²) >= 11 is 0. The van der Waals surface area contributed by atoms with E-state index in [2.05, 4.69) is 15.4 Å². The van der Waals surface area contributed by atoms with E-state index in [4.69, 9.17) is 5.11 Å². The normalized spacial score (nSPS) is 10.2. The first kappa shape index (κ1) is 12.7. The van der Waals surface area contributed by atoms with Crippen LogP contribution in [0, 0.1) is 0 Å². The summed E-state index contributed by atoms with van der Waals surface area (Å²) in [5.41, 5.74) is 1.05. The molecule has 0 aromatic carbocycles. The van der Waals surface area contributed by atoms with E-state index < -0.39 is 5.97 Å². The molecule has 7 nitrogen and oxygen atoms in total. The lowest BCUT2D eigenvalue weighted by atomic mass is 10.2. The average Bonchev–Trinajstić information content (AvgIpc) is 2.82. The number of amides is 1. The van der Waals surface area contributed by atoms with Crippen LogP contribution < -0.4 is 5.32 Å². The number of aromatic carboxylic acids is 1. The van der Waals surface area contributed by atoms with Crippen molar-refractivity contribution in [2.75, 3.05) is 0 Å². The first-order valence-corrected chi connectivity index (χ1v) is 5.52. The van der Waals surface area contributed by atoms with Crippen LogP contribution in [0.4, 0.5) is 0 Å². The third-order valence-corrected chi connectivity index (χ3v) is 2.55. The van der Waals surface area contributed by atoms with Gasteiger partial charge in [0.05, 0.1) is 17.8 Å². The molecule has 0 aliphatic heterocycles. The van der Waals surface area contributed by atoms with Gasteiger partial charge in [-0.1, -0.05) is 0 Å². The van der Waals surface area contributed by atoms with Gasteiger partial charge in [0.2, 0.25) is 0 Å². The predicted molar refractivity (Wildman–Crippen MR) is 65.6 cm³/mol. The Morgan fingerprint density at radius 1 is 1.37 bits per heavy atom. The van der Waals surface area contributed by atoms with Crippen molar-refractivity contribution >= 4 is 11.9 Å². The highest BCUT2D eigenvalue weighted by molar-refractivity contribution is 5.92. The molecule has 0 saturated carbocycles. The zero-order valence-electron chi connectivity index (χ0n) is 10.2. The van der Waals surface area contributed by atoms with Crippen LogP contribution in [-0.2, 0) is 13.6 Å². The first-order valence-electron chi connectivity index (χ1n) is 5.52. The molecule has 0 aliphatic carbocycles. The number of nitrogens with one attached hydrogen (secondary N) is 1. The molecular weight excluding hydrogens is 248 g/mol. The summed E-state index contributed by atoms with van der Waals surface area (Å²) in [4.78, 5) is 26.6. The topological polar surface area (TPSA) is 97.1 Å². The van der Waals surface area contributed by atoms with Crippen molar-refractivity contribution in [1.82, 2.24) is 20.1 Å². The number of hydrogen-bond acceptors (Lipinski definition) is 4. The number of aryl methyl sites for hydroxylation is 1. The monoisotopic (exact) mass is 260 g/mol. The number of carboxylic acid groups (broad SMARTS) is 1. The van der Waals surface area contributed by atoms with Gasteiger partial charge < -0.3 is 10.4 Å². The van der Waals surface area contributed by atoms with Crippen molar-refractivity contribution in [1.29, 1.82) is 0 Å². The van der Waals surface area contributed by atoms with Crippen LogP contribution in [0.2, 0.25) is 0 Å². The molecule has 0 unspecified atom stereocenters. The molecule has 2 rings (SSSR count). The molecule has 19 heavy (non-hydrogen) atoms. The number of pyridine rings is 1. The third-order valence-electron chi connectivity index (χ3n) is 2.55. The summed E-state index contributed by atoms with van der Waals surface area (Å²) < 4.78 is 1.45. The number of carboxylic acids is 1. The van der Waals surface area contributed by atoms with E-state index in [-0.39, 0.29) is 18.0 Å². The Labute approximate surface area is 108 Å². The van der Waals surface area contributed by atoms with Gasteiger partial charge in [-0.2, -0.15) is 5.10 Å². The van der Waals surface area contributed by atoms with Gasteiger partial charge >= 0.3 is 5.97 Å². The molecule has 2 heterocycles. The smallest absolute Gasteiger partial charge is 0.335 e. The highest BCUT2D eigenvalue weighted by atomic mass is 16.4. The van der Waals surface area contributed by atoms with E-state index in [1.165, 1.54) is 29.2 Å². The number of carbonyl (C=O) groups is 2. The van der Waals surface area contributed by atoms with Crippen LogP contribution in [0.1, 0.15) is 26.5 Å². The quantitative estimate of drug-likeness (QED) is 0.831. The van der Waals surface area contributed by atoms with Gasteiger partial charge in [0.15, 0.2) is 0 Å². The fourth-order valence-electron chi connectivity index (χ4n) is 1.57. The molecule has 7 heteroatoms. The summed E-state index contributed by atoms with van der Waals surface area (Å²) in [5, 5.41) is 15.4. The second kappa shape index (κ2) is 5.30. The fraction of sp³-hybridized carbons (Fsp3) is 0.167. The highest BCUT2D eigenvalue weighted by Gasteiger charge is 2.10. The SMILES string of the molecule is Cn1nccc1C(=O)NCc1cc(C(=O)O)ccn1. The Morgan fingerprint density at radius 2 is 2.16 bits per heavy atom. The lowest BCUT2D eigenvalue weighted by molar-refractivity contribution is 0.0696. The average molecular weight is 260 g/mol. The molecule has 2 N–H and O–H groups in total. The van der Waals surface area contributed by atoms with Crippen LogP contribution in [0.3, 0.4) is 0 Å². The van der Waals surface area contributed by atoms with Crippen LogP contribution in [0.15, 0.2) is 30.6 Å². The Kier molecular flexibility index (Phi) is 3.56. The standard InChI is InChI=1S/C12H12N4O3/c1-16-10(3-5-15-16)11(17)14-7-9-6-8(12(18)19)2-4-13-9/h2-6H,7H2,1H3,(H,14,17)(H,18,19). The number of aromatic nitrogens is 3. The summed E-state index contributed by atoms with van der Waals surface area (Å²) in [5.74, 6) is -1.32. The van der Waals surface area contributed by atoms with E-state index in [0.717, 1.165) is 0 Å². The minimum Gasteiger partial charge on any atom is -0.478 e. The molecule has 0 spiro atoms. The zero-order chi connectivity index (χ0) is 13.8. The lowest BCUT2D eigenvalue weighted by Gasteiger charge is -2.05. The maximum Gasteiger partial charge on any atom is 0.335 e. The maximum atomic E-state index is 11.8. The van der Waals surface area contributed by atoms with E-state index in [1.807, 2.05) is 0 Å². The molecule has 0 fully saturated rings. The van der Waals surface area contributed by atoms with Crippen molar-refractivity contribution in [3.05, 3.63) is 47.5 Å². The van der Waals surface area contributed by atoms with Gasteiger partial charge in [0.1, 0.15) is 5.69 Å². The van der Waals surface area contributed by atoms with E-state index in [0.29, 0.717) is 11.4 Å². The molecule has 0 saturated heterocycles. The van der Waals surface area contributed by atoms with Gasteiger partial charge in [-0.25, -0.2) is 4.79 Å². The number of nitrogens with zero attached hydrogens (tertiary/aromatic N) is 3. The molecule has 2 aromatic heterocycles. The van der Waals surface area contributed by atoms with Crippen molar-refractivity contribution < 1.29 is 14.7 Å². The Hall–Kier alpha value is -2.70. The summed E-state index contributed by atoms with van der Waals surface area (Å²) in [6.07, 6.45) is 2.92. The van der Waals surface area contributed by atoms with Crippen molar-refractivity contribution in [2.24, 2.45) is 7.05 Å². The molecule has 0 bridgehead atoms. The maximum absolute atomic E-state index is 11.8. The van der Waals surface area contributed by atoms with Crippen LogP contribution in [0.25, 0.3) is 0 Å². The van der Waals surface area contributed by atoms with E-state index >= 15 is 0 Å². The highest BCUT2D eigenvalue weighted by Crippen LogP contribution is 2.02. The zero-order valence-corrected chi connectivity index (χ0v) is 10.2. The molecule has 2 aromatic rings. The largest absolute Gasteiger partial charge is 0.478 e. The van der Waals surface area contributed by atoms with E-state index in [9.17, 15) is 9.59 Å². The molecule has 0 radical (unpaired) electrons. The molecule has 98 valence electrons. The van der Waals surface area contributed by atoms with Crippen LogP contribution in [-0.4, -0.2) is 31.7 Å². The minimum atomic E-state index is -1.03. The Bertz CT molecular complexity index is 621. The number of carbonyl (C=O) groups excluding carboxylic acids is 1. The Balaban J connectivity index is 2.03. The van der Waals surface area contributed by atoms with Crippen molar-refractivity contribution in [3.8, 4) is 0 Å². The van der Waals surface area contributed by atoms with Crippen LogP contribution in [0.5, 0.6) is 0 Å². The predicted octanol–water partition coefficient (Wildman–Crippen LogP) is 0.443. The van der Waals surface area contributed by atoms with Gasteiger partial charge in [0.25, 0.3) is 5.91 Å². The fourth-order valence-corrected chi connectivity index (χ4v) is 1.57. The van der Waals surface area contributed by atoms with Gasteiger partial charge in [-0.05, 0) is 18.2 Å². The van der Waals surface area contributed by atoms with Gasteiger partial charge in [-0.3, -0.25) is 14.5 Å². The molecule has 1 amide bonds. The van der Waals surface area contributed by atoms with Crippen LogP contribution >= 0.6 is 0 Å². The van der Waals surface area contributed by atoms with Crippen molar-refractivity contribution in [3.63, 3.8) is 0 Å². The Morgan fingerprint density at radius 3 is 2.79 bits per heavy atom. The lowest BCUT2D eigenvalue weighted by Crippen LogP contribution is -2.25. The number of hydrogen-bond donors (Lipinski definition) is 2. The molecule has 0 atom stereocenters. The van der Waals surface area contributed by atoms with Gasteiger partial charge in [-0.15, -0.1) is 0 Å². The second-order valence-electron chi connectivity index (χ2n) is 3.86. The summed E-state index contributed by atoms with van der Waals surface area (Å²) in [6.45, 7) is 0.158. The minimum absolute atomic E-state index is 0.139. The summed E-state index contributed by atoms with van der Waals surface area (Å²) in [6, 6.07) is 4.41. The third kappa shape index (κ3) is 2.95. The first-order chi connectivity index (χ1) is 9.08. The van der Waals surface area contributed by atoms with Gasteiger partial charge in [0, 0.05) is 19.4 Å². The van der Waals surface area contributed by atoms with Crippen molar-refractivity contribution in [2.45, 2.75) is 6.54 Å².